The van der Waals surface area contributed by atoms with Crippen molar-refractivity contribution >= 4 is 15.9 Å². The maximum absolute atomic E-state index is 5.81. The van der Waals surface area contributed by atoms with Crippen LogP contribution in [0.25, 0.3) is 0 Å². The zero-order valence-corrected chi connectivity index (χ0v) is 11.0. The molecule has 1 unspecified atom stereocenters. The number of hydrogen-bond donors (Lipinski definition) is 1. The first-order valence-corrected chi connectivity index (χ1v) is 6.03. The van der Waals surface area contributed by atoms with Crippen LogP contribution >= 0.6 is 15.9 Å². The Morgan fingerprint density at radius 2 is 2.13 bits per heavy atom. The van der Waals surface area contributed by atoms with Crippen LogP contribution in [0.3, 0.4) is 0 Å². The summed E-state index contributed by atoms with van der Waals surface area (Å²) in [7, 11) is 4.18. The van der Waals surface area contributed by atoms with E-state index in [1.165, 1.54) is 5.56 Å². The summed E-state index contributed by atoms with van der Waals surface area (Å²) in [6.45, 7) is 1.79. The molecule has 1 rings (SSSR count). The van der Waals surface area contributed by atoms with Gasteiger partial charge in [0.05, 0.1) is 0 Å². The molecule has 0 bridgehead atoms. The average molecular weight is 271 g/mol. The summed E-state index contributed by atoms with van der Waals surface area (Å²) in [4.78, 5) is 2.20. The molecule has 0 aromatic heterocycles. The van der Waals surface area contributed by atoms with E-state index in [0.717, 1.165) is 17.4 Å². The normalized spacial score (nSPS) is 13.1. The van der Waals surface area contributed by atoms with Crippen LogP contribution in [0.2, 0.25) is 0 Å². The number of benzene rings is 1. The molecule has 0 heterocycles. The highest BCUT2D eigenvalue weighted by Crippen LogP contribution is 2.22. The van der Waals surface area contributed by atoms with Gasteiger partial charge in [-0.25, -0.2) is 0 Å². The van der Waals surface area contributed by atoms with E-state index in [0.29, 0.717) is 12.5 Å². The summed E-state index contributed by atoms with van der Waals surface area (Å²) in [5.74, 6) is 0.463. The van der Waals surface area contributed by atoms with Crippen LogP contribution in [-0.4, -0.2) is 32.1 Å². The van der Waals surface area contributed by atoms with Crippen LogP contribution < -0.4 is 5.73 Å². The first-order chi connectivity index (χ1) is 7.13. The molecule has 0 saturated carbocycles. The minimum Gasteiger partial charge on any atom is -0.330 e. The molecule has 2 N–H and O–H groups in total. The molecule has 0 aliphatic rings. The first-order valence-electron chi connectivity index (χ1n) is 5.23. The number of halogens is 1. The summed E-state index contributed by atoms with van der Waals surface area (Å²) >= 11 is 3.49. The predicted octanol–water partition coefficient (Wildman–Crippen LogP) is 2.44. The summed E-state index contributed by atoms with van der Waals surface area (Å²) in [5, 5.41) is 0. The minimum atomic E-state index is 0.463. The quantitative estimate of drug-likeness (QED) is 0.891. The van der Waals surface area contributed by atoms with Gasteiger partial charge in [-0.05, 0) is 57.2 Å². The SMILES string of the molecule is CN(C)CCC(CN)c1cccc(Br)c1. The molecule has 0 aliphatic carbocycles. The van der Waals surface area contributed by atoms with Crippen LogP contribution in [0.1, 0.15) is 17.9 Å². The lowest BCUT2D eigenvalue weighted by molar-refractivity contribution is 0.382. The smallest absolute Gasteiger partial charge is 0.0178 e. The summed E-state index contributed by atoms with van der Waals surface area (Å²) in [6.07, 6.45) is 1.11. The maximum Gasteiger partial charge on any atom is 0.0178 e. The molecular weight excluding hydrogens is 252 g/mol. The summed E-state index contributed by atoms with van der Waals surface area (Å²) < 4.78 is 1.13. The number of nitrogens with zero attached hydrogens (tertiary/aromatic N) is 1. The number of nitrogens with two attached hydrogens (primary N) is 1. The topological polar surface area (TPSA) is 29.3 Å². The Morgan fingerprint density at radius 1 is 1.40 bits per heavy atom. The van der Waals surface area contributed by atoms with E-state index >= 15 is 0 Å². The molecule has 0 amide bonds. The van der Waals surface area contributed by atoms with Crippen molar-refractivity contribution in [2.24, 2.45) is 5.73 Å². The van der Waals surface area contributed by atoms with Crippen molar-refractivity contribution in [1.82, 2.24) is 4.90 Å². The maximum atomic E-state index is 5.81. The highest BCUT2D eigenvalue weighted by Gasteiger charge is 2.09. The highest BCUT2D eigenvalue weighted by molar-refractivity contribution is 9.10. The van der Waals surface area contributed by atoms with Gasteiger partial charge in [-0.1, -0.05) is 28.1 Å². The second-order valence-corrected chi connectivity index (χ2v) is 5.00. The van der Waals surface area contributed by atoms with Crippen molar-refractivity contribution in [3.63, 3.8) is 0 Å². The van der Waals surface area contributed by atoms with E-state index in [-0.39, 0.29) is 0 Å². The Kier molecular flexibility index (Phi) is 5.29. The van der Waals surface area contributed by atoms with Gasteiger partial charge >= 0.3 is 0 Å². The second kappa shape index (κ2) is 6.26. The predicted molar refractivity (Wildman–Crippen MR) is 69.1 cm³/mol. The molecule has 1 atom stereocenters. The molecule has 1 aromatic carbocycles. The van der Waals surface area contributed by atoms with Crippen molar-refractivity contribution in [3.8, 4) is 0 Å². The molecule has 15 heavy (non-hydrogen) atoms. The summed E-state index contributed by atoms with van der Waals surface area (Å²) in [6, 6.07) is 8.42. The Hall–Kier alpha value is -0.380. The Labute approximate surface area is 101 Å². The lowest BCUT2D eigenvalue weighted by Crippen LogP contribution is -2.20. The Morgan fingerprint density at radius 3 is 2.67 bits per heavy atom. The van der Waals surface area contributed by atoms with Crippen molar-refractivity contribution in [2.45, 2.75) is 12.3 Å². The van der Waals surface area contributed by atoms with Crippen molar-refractivity contribution in [1.29, 1.82) is 0 Å². The van der Waals surface area contributed by atoms with Gasteiger partial charge in [0.25, 0.3) is 0 Å². The van der Waals surface area contributed by atoms with Crippen LogP contribution in [0.15, 0.2) is 28.7 Å². The molecule has 84 valence electrons. The lowest BCUT2D eigenvalue weighted by atomic mass is 9.96. The van der Waals surface area contributed by atoms with Crippen LogP contribution in [0.4, 0.5) is 0 Å². The van der Waals surface area contributed by atoms with Crippen molar-refractivity contribution in [2.75, 3.05) is 27.2 Å². The first kappa shape index (κ1) is 12.7. The van der Waals surface area contributed by atoms with Crippen molar-refractivity contribution < 1.29 is 0 Å². The van der Waals surface area contributed by atoms with Gasteiger partial charge in [0.2, 0.25) is 0 Å². The van der Waals surface area contributed by atoms with Crippen LogP contribution in [-0.2, 0) is 0 Å². The van der Waals surface area contributed by atoms with Gasteiger partial charge in [0, 0.05) is 4.47 Å². The third-order valence-corrected chi connectivity index (χ3v) is 3.02. The third-order valence-electron chi connectivity index (χ3n) is 2.53. The number of hydrogen-bond acceptors (Lipinski definition) is 2. The van der Waals surface area contributed by atoms with Gasteiger partial charge in [-0.3, -0.25) is 0 Å². The Balaban J connectivity index is 2.65. The average Bonchev–Trinajstić information content (AvgIpc) is 2.18. The molecule has 0 spiro atoms. The highest BCUT2D eigenvalue weighted by atomic mass is 79.9. The van der Waals surface area contributed by atoms with Gasteiger partial charge in [0.1, 0.15) is 0 Å². The molecular formula is C12H19BrN2. The molecule has 0 saturated heterocycles. The lowest BCUT2D eigenvalue weighted by Gasteiger charge is -2.18. The molecule has 0 radical (unpaired) electrons. The van der Waals surface area contributed by atoms with E-state index in [4.69, 9.17) is 5.73 Å². The van der Waals surface area contributed by atoms with E-state index < -0.39 is 0 Å². The third kappa shape index (κ3) is 4.33. The van der Waals surface area contributed by atoms with Gasteiger partial charge < -0.3 is 10.6 Å². The number of rotatable bonds is 5. The van der Waals surface area contributed by atoms with Crippen molar-refractivity contribution in [3.05, 3.63) is 34.3 Å². The fourth-order valence-electron chi connectivity index (χ4n) is 1.60. The summed E-state index contributed by atoms with van der Waals surface area (Å²) in [5.41, 5.74) is 7.13. The zero-order valence-electron chi connectivity index (χ0n) is 9.41. The van der Waals surface area contributed by atoms with Crippen LogP contribution in [0, 0.1) is 0 Å². The monoisotopic (exact) mass is 270 g/mol. The molecule has 0 aliphatic heterocycles. The zero-order chi connectivity index (χ0) is 11.3. The van der Waals surface area contributed by atoms with E-state index in [1.807, 2.05) is 6.07 Å². The molecule has 3 heteroatoms. The van der Waals surface area contributed by atoms with Gasteiger partial charge in [-0.15, -0.1) is 0 Å². The molecule has 0 fully saturated rings. The van der Waals surface area contributed by atoms with E-state index in [1.54, 1.807) is 0 Å². The fraction of sp³-hybridized carbons (Fsp3) is 0.500. The van der Waals surface area contributed by atoms with E-state index in [9.17, 15) is 0 Å². The van der Waals surface area contributed by atoms with Gasteiger partial charge in [0.15, 0.2) is 0 Å². The van der Waals surface area contributed by atoms with Crippen LogP contribution in [0.5, 0.6) is 0 Å². The molecule has 1 aromatic rings. The molecule has 2 nitrogen and oxygen atoms in total. The second-order valence-electron chi connectivity index (χ2n) is 4.08. The Bertz CT molecular complexity index is 299. The largest absolute Gasteiger partial charge is 0.330 e. The fourth-order valence-corrected chi connectivity index (χ4v) is 2.01. The van der Waals surface area contributed by atoms with Gasteiger partial charge in [-0.2, -0.15) is 0 Å². The minimum absolute atomic E-state index is 0.463. The van der Waals surface area contributed by atoms with E-state index in [2.05, 4.69) is 53.1 Å². The standard InChI is InChI=1S/C12H19BrN2/c1-15(2)7-6-11(9-14)10-4-3-5-12(13)8-10/h3-5,8,11H,6-7,9,14H2,1-2H3.